The minimum absolute atomic E-state index is 0.131. The highest BCUT2D eigenvalue weighted by Crippen LogP contribution is 2.47. The summed E-state index contributed by atoms with van der Waals surface area (Å²) in [5, 5.41) is 5.77. The molecule has 12 heteroatoms. The Hall–Kier alpha value is -0.860. The van der Waals surface area contributed by atoms with Crippen LogP contribution in [0.3, 0.4) is 0 Å². The van der Waals surface area contributed by atoms with Gasteiger partial charge in [0.15, 0.2) is 0 Å². The average Bonchev–Trinajstić information content (AvgIpc) is 2.68. The predicted molar refractivity (Wildman–Crippen MR) is 118 cm³/mol. The molecule has 30 heavy (non-hydrogen) atoms. The summed E-state index contributed by atoms with van der Waals surface area (Å²) in [4.78, 5) is 23.3. The normalized spacial score (nSPS) is 27.9. The summed E-state index contributed by atoms with van der Waals surface area (Å²) < 4.78 is 49.9. The molecule has 2 aliphatic rings. The third-order valence-corrected chi connectivity index (χ3v) is 9.71. The Kier molecular flexibility index (Phi) is 10.4. The fraction of sp³-hybridized carbons (Fsp3) is 0.778. The quantitative estimate of drug-likeness (QED) is 0.157. The molecule has 0 bridgehead atoms. The van der Waals surface area contributed by atoms with Gasteiger partial charge in [-0.1, -0.05) is 0 Å². The van der Waals surface area contributed by atoms with Crippen molar-refractivity contribution in [2.75, 3.05) is 50.9 Å². The minimum Gasteiger partial charge on any atom is -0.463 e. The molecule has 2 saturated heterocycles. The van der Waals surface area contributed by atoms with E-state index in [0.717, 1.165) is 12.2 Å². The largest absolute Gasteiger partial charge is 0.463 e. The second-order valence-electron chi connectivity index (χ2n) is 7.45. The Labute approximate surface area is 180 Å². The maximum Gasteiger partial charge on any atom is 0.331 e. The van der Waals surface area contributed by atoms with Crippen LogP contribution >= 0.6 is 21.2 Å². The van der Waals surface area contributed by atoms with E-state index < -0.39 is 33.1 Å². The second-order valence-corrected chi connectivity index (χ2v) is 12.5. The molecule has 10 nitrogen and oxygen atoms in total. The van der Waals surface area contributed by atoms with E-state index in [2.05, 4.69) is 10.6 Å². The summed E-state index contributed by atoms with van der Waals surface area (Å²) in [5.74, 6) is -0.630. The first-order valence-corrected chi connectivity index (χ1v) is 13.7. The van der Waals surface area contributed by atoms with E-state index in [9.17, 15) is 27.8 Å². The lowest BCUT2D eigenvalue weighted by atomic mass is 10.2. The van der Waals surface area contributed by atoms with E-state index in [1.165, 1.54) is 0 Å². The van der Waals surface area contributed by atoms with Crippen molar-refractivity contribution < 1.29 is 37.3 Å². The van der Waals surface area contributed by atoms with Gasteiger partial charge in [0.05, 0.1) is 35.2 Å². The van der Waals surface area contributed by atoms with Crippen molar-refractivity contribution in [3.05, 3.63) is 12.2 Å². The molecular formula is C18H34N2O8S2. The first kappa shape index (κ1) is 25.4. The van der Waals surface area contributed by atoms with Gasteiger partial charge in [-0.2, -0.15) is 21.2 Å². The molecule has 0 aromatic rings. The Morgan fingerprint density at radius 2 is 1.20 bits per heavy atom. The standard InChI is InChI=1S/C18H34N2O8S2/c21-17(27-9-1-3-15-13-19-7-11-29(15,23)24)5-6-18(22)28-10-2-4-16-14-20-8-12-30(16,25)26/h5-6,15-16,19-20,23-26H,1-4,7-14H2/b6-5+. The van der Waals surface area contributed by atoms with Gasteiger partial charge in [-0.15, -0.1) is 0 Å². The Morgan fingerprint density at radius 3 is 1.57 bits per heavy atom. The molecule has 0 radical (unpaired) electrons. The lowest BCUT2D eigenvalue weighted by Crippen LogP contribution is -2.41. The van der Waals surface area contributed by atoms with Crippen LogP contribution in [0.15, 0.2) is 12.2 Å². The van der Waals surface area contributed by atoms with Gasteiger partial charge in [-0.3, -0.25) is 18.2 Å². The molecule has 2 aliphatic heterocycles. The molecule has 6 N–H and O–H groups in total. The van der Waals surface area contributed by atoms with Crippen molar-refractivity contribution >= 4 is 33.1 Å². The zero-order chi connectivity index (χ0) is 22.0. The molecule has 0 aromatic carbocycles. The van der Waals surface area contributed by atoms with Gasteiger partial charge in [0, 0.05) is 38.3 Å². The van der Waals surface area contributed by atoms with Crippen molar-refractivity contribution in [2.45, 2.75) is 36.2 Å². The molecule has 2 heterocycles. The van der Waals surface area contributed by atoms with Crippen molar-refractivity contribution in [3.8, 4) is 0 Å². The molecule has 0 amide bonds. The first-order chi connectivity index (χ1) is 14.2. The summed E-state index contributed by atoms with van der Waals surface area (Å²) in [5.41, 5.74) is 0. The van der Waals surface area contributed by atoms with Gasteiger partial charge < -0.3 is 20.1 Å². The first-order valence-electron chi connectivity index (χ1n) is 10.1. The summed E-state index contributed by atoms with van der Waals surface area (Å²) >= 11 is 0. The molecule has 0 saturated carbocycles. The molecule has 0 aliphatic carbocycles. The Bertz CT molecular complexity index is 553. The maximum absolute atomic E-state index is 11.7. The van der Waals surface area contributed by atoms with Crippen LogP contribution in [0.25, 0.3) is 0 Å². The van der Waals surface area contributed by atoms with Gasteiger partial charge in [-0.05, 0) is 25.7 Å². The van der Waals surface area contributed by atoms with E-state index in [0.29, 0.717) is 63.4 Å². The number of carbonyl (C=O) groups is 2. The van der Waals surface area contributed by atoms with E-state index in [-0.39, 0.29) is 23.7 Å². The molecule has 2 fully saturated rings. The summed E-state index contributed by atoms with van der Waals surface area (Å²) in [6, 6.07) is 0. The highest BCUT2D eigenvalue weighted by Gasteiger charge is 2.29. The third kappa shape index (κ3) is 8.71. The Morgan fingerprint density at radius 1 is 0.800 bits per heavy atom. The van der Waals surface area contributed by atoms with Crippen LogP contribution in [0.5, 0.6) is 0 Å². The fourth-order valence-electron chi connectivity index (χ4n) is 3.35. The van der Waals surface area contributed by atoms with E-state index in [4.69, 9.17) is 9.47 Å². The molecule has 176 valence electrons. The fourth-order valence-corrected chi connectivity index (χ4v) is 6.77. The number of rotatable bonds is 10. The lowest BCUT2D eigenvalue weighted by molar-refractivity contribution is -0.140. The number of esters is 2. The number of ether oxygens (including phenoxy) is 2. The number of hydrogen-bond donors (Lipinski definition) is 6. The number of nitrogens with one attached hydrogen (secondary N) is 2. The maximum atomic E-state index is 11.7. The van der Waals surface area contributed by atoms with Gasteiger partial charge >= 0.3 is 11.9 Å². The zero-order valence-corrected chi connectivity index (χ0v) is 18.7. The molecule has 2 unspecified atom stereocenters. The lowest BCUT2D eigenvalue weighted by Gasteiger charge is -2.44. The SMILES string of the molecule is O=C(/C=C/C(=O)OCCCC1CNCCS1(O)O)OCCCC1CNCCS1(O)O. The van der Waals surface area contributed by atoms with Crippen molar-refractivity contribution in [3.63, 3.8) is 0 Å². The van der Waals surface area contributed by atoms with Crippen LogP contribution in [-0.4, -0.2) is 91.5 Å². The third-order valence-electron chi connectivity index (χ3n) is 5.16. The van der Waals surface area contributed by atoms with Crippen molar-refractivity contribution in [1.29, 1.82) is 0 Å². The van der Waals surface area contributed by atoms with E-state index >= 15 is 0 Å². The minimum atomic E-state index is -2.58. The summed E-state index contributed by atoms with van der Waals surface area (Å²) in [6.07, 6.45) is 4.08. The number of carbonyl (C=O) groups excluding carboxylic acids is 2. The monoisotopic (exact) mass is 470 g/mol. The van der Waals surface area contributed by atoms with Crippen LogP contribution in [0.4, 0.5) is 0 Å². The van der Waals surface area contributed by atoms with Crippen LogP contribution in [-0.2, 0) is 19.1 Å². The Balaban J connectivity index is 1.54. The zero-order valence-electron chi connectivity index (χ0n) is 17.0. The van der Waals surface area contributed by atoms with Crippen molar-refractivity contribution in [2.24, 2.45) is 0 Å². The molecule has 2 rings (SSSR count). The van der Waals surface area contributed by atoms with Crippen LogP contribution in [0, 0.1) is 0 Å². The molecule has 0 spiro atoms. The highest BCUT2D eigenvalue weighted by atomic mass is 32.3. The second kappa shape index (κ2) is 12.2. The van der Waals surface area contributed by atoms with Crippen LogP contribution < -0.4 is 10.6 Å². The van der Waals surface area contributed by atoms with Gasteiger partial charge in [0.1, 0.15) is 0 Å². The molecule has 2 atom stereocenters. The van der Waals surface area contributed by atoms with E-state index in [1.807, 2.05) is 0 Å². The van der Waals surface area contributed by atoms with Crippen LogP contribution in [0.2, 0.25) is 0 Å². The van der Waals surface area contributed by atoms with Crippen LogP contribution in [0.1, 0.15) is 25.7 Å². The van der Waals surface area contributed by atoms with E-state index in [1.54, 1.807) is 0 Å². The smallest absolute Gasteiger partial charge is 0.331 e. The summed E-state index contributed by atoms with van der Waals surface area (Å²) in [7, 11) is -5.16. The van der Waals surface area contributed by atoms with Gasteiger partial charge in [-0.25, -0.2) is 9.59 Å². The molecular weight excluding hydrogens is 436 g/mol. The predicted octanol–water partition coefficient (Wildman–Crippen LogP) is 1.63. The highest BCUT2D eigenvalue weighted by molar-refractivity contribution is 8.25. The summed E-state index contributed by atoms with van der Waals surface area (Å²) in [6.45, 7) is 2.53. The van der Waals surface area contributed by atoms with Gasteiger partial charge in [0.25, 0.3) is 0 Å². The average molecular weight is 471 g/mol. The topological polar surface area (TPSA) is 158 Å². The molecule has 0 aromatic heterocycles. The van der Waals surface area contributed by atoms with Gasteiger partial charge in [0.2, 0.25) is 0 Å². The van der Waals surface area contributed by atoms with Crippen molar-refractivity contribution in [1.82, 2.24) is 10.6 Å². The number of hydrogen-bond acceptors (Lipinski definition) is 10.